The zero-order chi connectivity index (χ0) is 12.3. The first kappa shape index (κ1) is 13.4. The minimum absolute atomic E-state index is 0.0323. The van der Waals surface area contributed by atoms with Crippen molar-refractivity contribution in [2.75, 3.05) is 5.75 Å². The molecule has 0 aliphatic carbocycles. The summed E-state index contributed by atoms with van der Waals surface area (Å²) in [6.07, 6.45) is 0. The summed E-state index contributed by atoms with van der Waals surface area (Å²) in [5.74, 6) is -0.0323. The molecule has 0 radical (unpaired) electrons. The van der Waals surface area contributed by atoms with Crippen molar-refractivity contribution >= 4 is 11.8 Å². The summed E-state index contributed by atoms with van der Waals surface area (Å²) in [5.41, 5.74) is 3.90. The fourth-order valence-electron chi connectivity index (χ4n) is 1.49. The van der Waals surface area contributed by atoms with Crippen LogP contribution in [0.15, 0.2) is 0 Å². The van der Waals surface area contributed by atoms with E-state index in [4.69, 9.17) is 5.73 Å². The Morgan fingerprint density at radius 1 is 1.38 bits per heavy atom. The highest BCUT2D eigenvalue weighted by molar-refractivity contribution is 8.00. The highest BCUT2D eigenvalue weighted by atomic mass is 32.2. The van der Waals surface area contributed by atoms with E-state index >= 15 is 0 Å². The van der Waals surface area contributed by atoms with Gasteiger partial charge < -0.3 is 5.73 Å². The summed E-state index contributed by atoms with van der Waals surface area (Å²) in [6, 6.07) is 0. The van der Waals surface area contributed by atoms with Crippen LogP contribution >= 0.6 is 11.8 Å². The number of thioether (sulfide) groups is 1. The first-order chi connectivity index (χ1) is 7.35. The average molecular weight is 253 g/mol. The van der Waals surface area contributed by atoms with Crippen LogP contribution in [-0.4, -0.2) is 21.0 Å². The number of nitrogens with zero attached hydrogens (tertiary/aromatic N) is 2. The molecule has 1 heterocycles. The van der Waals surface area contributed by atoms with E-state index in [-0.39, 0.29) is 24.1 Å². The molecule has 7 heteroatoms. The lowest BCUT2D eigenvalue weighted by atomic mass is 10.2. The predicted octanol–water partition coefficient (Wildman–Crippen LogP) is 2.21. The van der Waals surface area contributed by atoms with E-state index in [1.54, 1.807) is 4.68 Å². The number of hydrogen-bond acceptors (Lipinski definition) is 3. The molecular formula is C9H14F3N3S. The van der Waals surface area contributed by atoms with Gasteiger partial charge in [-0.2, -0.15) is 18.3 Å². The Morgan fingerprint density at radius 2 is 2.00 bits per heavy atom. The molecule has 1 aromatic heterocycles. The fourth-order valence-corrected chi connectivity index (χ4v) is 1.99. The molecule has 1 rings (SSSR count). The maximum absolute atomic E-state index is 11.9. The van der Waals surface area contributed by atoms with E-state index in [1.807, 2.05) is 13.8 Å². The van der Waals surface area contributed by atoms with E-state index in [0.29, 0.717) is 6.54 Å². The summed E-state index contributed by atoms with van der Waals surface area (Å²) in [4.78, 5) is 0. The molecule has 0 spiro atoms. The number of rotatable bonds is 4. The van der Waals surface area contributed by atoms with E-state index in [0.717, 1.165) is 17.0 Å². The molecule has 0 saturated heterocycles. The molecule has 0 saturated carbocycles. The van der Waals surface area contributed by atoms with Gasteiger partial charge in [0.2, 0.25) is 0 Å². The van der Waals surface area contributed by atoms with Crippen LogP contribution in [0.3, 0.4) is 0 Å². The number of aryl methyl sites for hydroxylation is 2. The number of aromatic nitrogens is 2. The van der Waals surface area contributed by atoms with Crippen molar-refractivity contribution in [1.29, 1.82) is 0 Å². The Bertz CT molecular complexity index is 360. The van der Waals surface area contributed by atoms with Crippen LogP contribution in [0.4, 0.5) is 13.2 Å². The standard InChI is InChI=1S/C9H14F3N3S/c1-6-8(5-13)7(2)15(14-6)3-4-16-9(10,11)12/h3-5,13H2,1-2H3. The zero-order valence-corrected chi connectivity index (χ0v) is 9.95. The van der Waals surface area contributed by atoms with Gasteiger partial charge >= 0.3 is 5.51 Å². The van der Waals surface area contributed by atoms with Gasteiger partial charge in [0.15, 0.2) is 0 Å². The van der Waals surface area contributed by atoms with Crippen molar-refractivity contribution < 1.29 is 13.2 Å². The van der Waals surface area contributed by atoms with Crippen LogP contribution in [0.25, 0.3) is 0 Å². The van der Waals surface area contributed by atoms with Gasteiger partial charge in [0.05, 0.1) is 12.2 Å². The number of alkyl halides is 3. The third-order valence-electron chi connectivity index (χ3n) is 2.30. The zero-order valence-electron chi connectivity index (χ0n) is 9.14. The Kier molecular flexibility index (Phi) is 4.26. The van der Waals surface area contributed by atoms with Gasteiger partial charge in [0.1, 0.15) is 0 Å². The molecule has 0 aliphatic rings. The van der Waals surface area contributed by atoms with Gasteiger partial charge in [0, 0.05) is 23.6 Å². The quantitative estimate of drug-likeness (QED) is 0.894. The normalized spacial score (nSPS) is 12.1. The molecule has 16 heavy (non-hydrogen) atoms. The second kappa shape index (κ2) is 5.09. The molecule has 0 aliphatic heterocycles. The van der Waals surface area contributed by atoms with Crippen molar-refractivity contribution in [3.05, 3.63) is 17.0 Å². The van der Waals surface area contributed by atoms with Crippen LogP contribution in [-0.2, 0) is 13.1 Å². The molecule has 0 bridgehead atoms. The molecule has 92 valence electrons. The van der Waals surface area contributed by atoms with Crippen molar-refractivity contribution in [3.63, 3.8) is 0 Å². The highest BCUT2D eigenvalue weighted by Gasteiger charge is 2.27. The molecule has 1 aromatic rings. The monoisotopic (exact) mass is 253 g/mol. The van der Waals surface area contributed by atoms with Gasteiger partial charge in [0.25, 0.3) is 0 Å². The topological polar surface area (TPSA) is 43.8 Å². The smallest absolute Gasteiger partial charge is 0.326 e. The Hall–Kier alpha value is -0.690. The lowest BCUT2D eigenvalue weighted by molar-refractivity contribution is -0.0328. The Morgan fingerprint density at radius 3 is 2.44 bits per heavy atom. The number of hydrogen-bond donors (Lipinski definition) is 1. The highest BCUT2D eigenvalue weighted by Crippen LogP contribution is 2.30. The van der Waals surface area contributed by atoms with Crippen molar-refractivity contribution in [2.24, 2.45) is 5.73 Å². The summed E-state index contributed by atoms with van der Waals surface area (Å²) in [7, 11) is 0. The third kappa shape index (κ3) is 3.41. The fraction of sp³-hybridized carbons (Fsp3) is 0.667. The minimum atomic E-state index is -4.17. The molecule has 0 amide bonds. The van der Waals surface area contributed by atoms with Crippen LogP contribution in [0, 0.1) is 13.8 Å². The summed E-state index contributed by atoms with van der Waals surface area (Å²) >= 11 is -0.0323. The van der Waals surface area contributed by atoms with E-state index in [9.17, 15) is 13.2 Å². The van der Waals surface area contributed by atoms with Crippen molar-refractivity contribution in [1.82, 2.24) is 9.78 Å². The van der Waals surface area contributed by atoms with E-state index in [1.165, 1.54) is 0 Å². The number of nitrogens with two attached hydrogens (primary N) is 1. The minimum Gasteiger partial charge on any atom is -0.326 e. The van der Waals surface area contributed by atoms with Gasteiger partial charge in [-0.3, -0.25) is 4.68 Å². The van der Waals surface area contributed by atoms with Gasteiger partial charge in [-0.25, -0.2) is 0 Å². The van der Waals surface area contributed by atoms with E-state index in [2.05, 4.69) is 5.10 Å². The first-order valence-corrected chi connectivity index (χ1v) is 5.77. The lowest BCUT2D eigenvalue weighted by Gasteiger charge is -2.07. The van der Waals surface area contributed by atoms with Crippen LogP contribution in [0.1, 0.15) is 17.0 Å². The molecule has 0 atom stereocenters. The maximum atomic E-state index is 11.9. The first-order valence-electron chi connectivity index (χ1n) is 4.78. The summed E-state index contributed by atoms with van der Waals surface area (Å²) in [6.45, 7) is 4.24. The molecule has 2 N–H and O–H groups in total. The van der Waals surface area contributed by atoms with Gasteiger partial charge in [-0.05, 0) is 25.6 Å². The molecule has 0 fully saturated rings. The maximum Gasteiger partial charge on any atom is 0.441 e. The molecule has 3 nitrogen and oxygen atoms in total. The van der Waals surface area contributed by atoms with Gasteiger partial charge in [-0.1, -0.05) is 0 Å². The second-order valence-corrected chi connectivity index (χ2v) is 4.53. The summed E-state index contributed by atoms with van der Waals surface area (Å²) in [5, 5.41) is 4.16. The van der Waals surface area contributed by atoms with Crippen molar-refractivity contribution in [3.8, 4) is 0 Å². The Labute approximate surface area is 96.2 Å². The lowest BCUT2D eigenvalue weighted by Crippen LogP contribution is -2.09. The van der Waals surface area contributed by atoms with Crippen molar-refractivity contribution in [2.45, 2.75) is 32.4 Å². The second-order valence-electron chi connectivity index (χ2n) is 3.37. The molecule has 0 unspecified atom stereocenters. The van der Waals surface area contributed by atoms with Gasteiger partial charge in [-0.15, -0.1) is 0 Å². The molecular weight excluding hydrogens is 239 g/mol. The van der Waals surface area contributed by atoms with E-state index < -0.39 is 5.51 Å². The number of halogens is 3. The summed E-state index contributed by atoms with van der Waals surface area (Å²) < 4.78 is 37.3. The third-order valence-corrected chi connectivity index (χ3v) is 3.02. The largest absolute Gasteiger partial charge is 0.441 e. The Balaban J connectivity index is 2.61. The SMILES string of the molecule is Cc1nn(CCSC(F)(F)F)c(C)c1CN. The molecule has 0 aromatic carbocycles. The van der Waals surface area contributed by atoms with Crippen LogP contribution < -0.4 is 5.73 Å². The van der Waals surface area contributed by atoms with Crippen LogP contribution in [0.5, 0.6) is 0 Å². The van der Waals surface area contributed by atoms with Crippen LogP contribution in [0.2, 0.25) is 0 Å². The predicted molar refractivity (Wildman–Crippen MR) is 58.1 cm³/mol. The average Bonchev–Trinajstić information content (AvgIpc) is 2.40.